The van der Waals surface area contributed by atoms with Crippen LogP contribution in [0, 0.1) is 0 Å². The number of para-hydroxylation sites is 1. The molecular formula is C47H31NS2. The molecule has 1 aliphatic carbocycles. The zero-order valence-electron chi connectivity index (χ0n) is 27.7. The Kier molecular flexibility index (Phi) is 5.96. The maximum atomic E-state index is 2.56. The Labute approximate surface area is 297 Å². The topological polar surface area (TPSA) is 4.93 Å². The summed E-state index contributed by atoms with van der Waals surface area (Å²) in [5.74, 6) is 0. The molecule has 50 heavy (non-hydrogen) atoms. The van der Waals surface area contributed by atoms with Crippen molar-refractivity contribution in [3.8, 4) is 16.8 Å². The Balaban J connectivity index is 1.26. The summed E-state index contributed by atoms with van der Waals surface area (Å²) >= 11 is 3.88. The van der Waals surface area contributed by atoms with Gasteiger partial charge in [0.15, 0.2) is 0 Å². The number of hydrogen-bond acceptors (Lipinski definition) is 2. The first kappa shape index (κ1) is 28.4. The van der Waals surface area contributed by atoms with Crippen LogP contribution in [0.4, 0.5) is 0 Å². The fraction of sp³-hybridized carbons (Fsp3) is 0.0638. The molecule has 0 fully saturated rings. The van der Waals surface area contributed by atoms with Gasteiger partial charge in [-0.05, 0) is 87.8 Å². The van der Waals surface area contributed by atoms with Gasteiger partial charge in [0.2, 0.25) is 0 Å². The molecule has 0 N–H and O–H groups in total. The lowest BCUT2D eigenvalue weighted by molar-refractivity contribution is 1.19. The van der Waals surface area contributed by atoms with E-state index >= 15 is 0 Å². The normalized spacial score (nSPS) is 13.3. The predicted octanol–water partition coefficient (Wildman–Crippen LogP) is 14.5. The van der Waals surface area contributed by atoms with Crippen LogP contribution >= 0.6 is 22.7 Å². The van der Waals surface area contributed by atoms with Gasteiger partial charge in [0, 0.05) is 47.4 Å². The molecule has 0 saturated heterocycles. The molecule has 10 aromatic rings. The third-order valence-corrected chi connectivity index (χ3v) is 13.3. The van der Waals surface area contributed by atoms with Crippen LogP contribution in [0.1, 0.15) is 31.4 Å². The zero-order chi connectivity index (χ0) is 33.1. The van der Waals surface area contributed by atoms with Crippen molar-refractivity contribution < 1.29 is 0 Å². The second kappa shape index (κ2) is 10.5. The molecule has 0 bridgehead atoms. The molecule has 0 saturated carbocycles. The molecule has 0 amide bonds. The van der Waals surface area contributed by atoms with Gasteiger partial charge < -0.3 is 4.57 Å². The first-order chi connectivity index (χ1) is 24.7. The Morgan fingerprint density at radius 1 is 0.560 bits per heavy atom. The van der Waals surface area contributed by atoms with Gasteiger partial charge in [0.05, 0.1) is 20.4 Å². The van der Waals surface area contributed by atoms with Gasteiger partial charge in [-0.25, -0.2) is 0 Å². The Morgan fingerprint density at radius 2 is 1.22 bits per heavy atom. The van der Waals surface area contributed by atoms with Crippen LogP contribution in [0.5, 0.6) is 0 Å². The molecule has 3 heteroatoms. The van der Waals surface area contributed by atoms with Crippen LogP contribution in [-0.4, -0.2) is 4.57 Å². The van der Waals surface area contributed by atoms with Crippen LogP contribution in [0.2, 0.25) is 0 Å². The number of nitrogens with zero attached hydrogens (tertiary/aromatic N) is 1. The Bertz CT molecular complexity index is 3140. The van der Waals surface area contributed by atoms with Crippen LogP contribution < -0.4 is 0 Å². The first-order valence-corrected chi connectivity index (χ1v) is 19.1. The fourth-order valence-corrected chi connectivity index (χ4v) is 11.4. The lowest BCUT2D eigenvalue weighted by atomic mass is 9.93. The molecule has 1 nitrogen and oxygen atoms in total. The summed E-state index contributed by atoms with van der Waals surface area (Å²) in [6.07, 6.45) is 5.48. The van der Waals surface area contributed by atoms with Gasteiger partial charge in [-0.2, -0.15) is 0 Å². The van der Waals surface area contributed by atoms with E-state index in [0.29, 0.717) is 0 Å². The minimum atomic E-state index is 1.02. The highest BCUT2D eigenvalue weighted by molar-refractivity contribution is 7.33. The van der Waals surface area contributed by atoms with Crippen molar-refractivity contribution in [1.29, 1.82) is 0 Å². The van der Waals surface area contributed by atoms with Crippen LogP contribution in [0.25, 0.3) is 101 Å². The van der Waals surface area contributed by atoms with Gasteiger partial charge in [0.25, 0.3) is 0 Å². The van der Waals surface area contributed by atoms with Crippen molar-refractivity contribution >= 4 is 107 Å². The smallest absolute Gasteiger partial charge is 0.0641 e. The van der Waals surface area contributed by atoms with E-state index < -0.39 is 0 Å². The molecule has 11 rings (SSSR count). The highest BCUT2D eigenvalue weighted by Gasteiger charge is 2.26. The summed E-state index contributed by atoms with van der Waals surface area (Å²) in [4.78, 5) is 0. The molecule has 7 aromatic carbocycles. The molecule has 0 spiro atoms. The summed E-state index contributed by atoms with van der Waals surface area (Å²) in [6.45, 7) is 4.40. The maximum Gasteiger partial charge on any atom is 0.0641 e. The SMILES string of the molecule is C/C=C\C1=C(CC)c2cccc3c(-c4cccc(-n5c6ccccc6c6c7c8ccccc8sc7c7sc8ccccc8c7c65)c4)ccc1c23. The quantitative estimate of drug-likeness (QED) is 0.175. The van der Waals surface area contributed by atoms with Gasteiger partial charge in [-0.1, -0.05) is 116 Å². The summed E-state index contributed by atoms with van der Waals surface area (Å²) in [6, 6.07) is 47.8. The number of hydrogen-bond donors (Lipinski definition) is 0. The third-order valence-electron chi connectivity index (χ3n) is 10.8. The van der Waals surface area contributed by atoms with Gasteiger partial charge in [-0.3, -0.25) is 0 Å². The summed E-state index contributed by atoms with van der Waals surface area (Å²) in [5.41, 5.74) is 11.8. The number of benzene rings is 7. The minimum Gasteiger partial charge on any atom is -0.309 e. The number of aromatic nitrogens is 1. The lowest BCUT2D eigenvalue weighted by Crippen LogP contribution is -1.95. The van der Waals surface area contributed by atoms with E-state index in [4.69, 9.17) is 0 Å². The number of allylic oxidation sites excluding steroid dienone is 4. The van der Waals surface area contributed by atoms with Crippen LogP contribution in [0.15, 0.2) is 140 Å². The fourth-order valence-electron chi connectivity index (χ4n) is 8.88. The highest BCUT2D eigenvalue weighted by atomic mass is 32.1. The third kappa shape index (κ3) is 3.66. The molecule has 0 radical (unpaired) electrons. The van der Waals surface area contributed by atoms with E-state index in [1.165, 1.54) is 112 Å². The molecule has 236 valence electrons. The Hall–Kier alpha value is -5.48. The maximum absolute atomic E-state index is 2.56. The van der Waals surface area contributed by atoms with E-state index in [2.05, 4.69) is 158 Å². The number of rotatable bonds is 4. The summed E-state index contributed by atoms with van der Waals surface area (Å²) in [7, 11) is 0. The molecule has 0 unspecified atom stereocenters. The van der Waals surface area contributed by atoms with E-state index in [-0.39, 0.29) is 0 Å². The Morgan fingerprint density at radius 3 is 2.00 bits per heavy atom. The minimum absolute atomic E-state index is 1.02. The van der Waals surface area contributed by atoms with E-state index in [1.807, 2.05) is 22.7 Å². The molecular weight excluding hydrogens is 643 g/mol. The van der Waals surface area contributed by atoms with Crippen molar-refractivity contribution in [2.75, 3.05) is 0 Å². The lowest BCUT2D eigenvalue weighted by Gasteiger charge is -2.14. The zero-order valence-corrected chi connectivity index (χ0v) is 29.4. The van der Waals surface area contributed by atoms with Crippen molar-refractivity contribution in [3.63, 3.8) is 0 Å². The summed E-state index contributed by atoms with van der Waals surface area (Å²) in [5, 5.41) is 10.8. The van der Waals surface area contributed by atoms with E-state index in [9.17, 15) is 0 Å². The molecule has 3 aromatic heterocycles. The van der Waals surface area contributed by atoms with Crippen LogP contribution in [0.3, 0.4) is 0 Å². The second-order valence-electron chi connectivity index (χ2n) is 13.4. The monoisotopic (exact) mass is 673 g/mol. The molecule has 1 aliphatic rings. The van der Waals surface area contributed by atoms with Crippen molar-refractivity contribution in [3.05, 3.63) is 151 Å². The largest absolute Gasteiger partial charge is 0.309 e. The van der Waals surface area contributed by atoms with Gasteiger partial charge in [0.1, 0.15) is 0 Å². The first-order valence-electron chi connectivity index (χ1n) is 17.5. The average molecular weight is 674 g/mol. The average Bonchev–Trinajstić information content (AvgIpc) is 3.90. The van der Waals surface area contributed by atoms with Crippen molar-refractivity contribution in [2.24, 2.45) is 0 Å². The summed E-state index contributed by atoms with van der Waals surface area (Å²) < 4.78 is 8.03. The predicted molar refractivity (Wildman–Crippen MR) is 221 cm³/mol. The van der Waals surface area contributed by atoms with Gasteiger partial charge in [-0.15, -0.1) is 22.7 Å². The van der Waals surface area contributed by atoms with Crippen molar-refractivity contribution in [1.82, 2.24) is 4.57 Å². The highest BCUT2D eigenvalue weighted by Crippen LogP contribution is 2.52. The van der Waals surface area contributed by atoms with E-state index in [0.717, 1.165) is 6.42 Å². The molecule has 0 atom stereocenters. The molecule has 3 heterocycles. The standard InChI is InChI=1S/C47H31NS2/c1-3-13-31-29(4-2)32-19-12-20-33-30(24-25-34(31)41(32)33)27-14-11-15-28(26-27)48-38-21-8-5-16-35(38)42-43-36-17-6-9-22-39(36)49-46(43)47-44(45(42)48)37-18-7-10-23-40(37)50-47/h3,5-26H,4H2,1-2H3/b13-3-. The second-order valence-corrected chi connectivity index (χ2v) is 15.5. The number of thiophene rings is 2. The van der Waals surface area contributed by atoms with Gasteiger partial charge >= 0.3 is 0 Å². The van der Waals surface area contributed by atoms with E-state index in [1.54, 1.807) is 0 Å². The molecule has 0 aliphatic heterocycles. The number of fused-ring (bicyclic) bond motifs is 12. The van der Waals surface area contributed by atoms with Crippen LogP contribution in [-0.2, 0) is 0 Å². The van der Waals surface area contributed by atoms with Crippen molar-refractivity contribution in [2.45, 2.75) is 20.3 Å².